The minimum absolute atomic E-state index is 0.366. The van der Waals surface area contributed by atoms with Gasteiger partial charge in [0, 0.05) is 6.54 Å². The quantitative estimate of drug-likeness (QED) is 0.693. The molecule has 1 atom stereocenters. The Labute approximate surface area is 124 Å². The van der Waals surface area contributed by atoms with E-state index >= 15 is 0 Å². The van der Waals surface area contributed by atoms with Crippen molar-refractivity contribution in [2.45, 2.75) is 59.0 Å². The number of nitrogens with zero attached hydrogens (tertiary/aromatic N) is 1. The van der Waals surface area contributed by atoms with Crippen LogP contribution in [0.4, 0.5) is 0 Å². The molecule has 0 aromatic heterocycles. The number of unbranched alkanes of at least 4 members (excludes halogenated alkanes) is 2. The van der Waals surface area contributed by atoms with Crippen LogP contribution in [0.5, 0.6) is 0 Å². The maximum absolute atomic E-state index is 10.4. The SMILES string of the molecule is CCCCN(CCCC)CC(O)c1ccc(CC)cc1. The molecule has 1 unspecified atom stereocenters. The van der Waals surface area contributed by atoms with Gasteiger partial charge in [0.25, 0.3) is 0 Å². The van der Waals surface area contributed by atoms with Crippen LogP contribution in [0.1, 0.15) is 63.7 Å². The summed E-state index contributed by atoms with van der Waals surface area (Å²) in [6.07, 6.45) is 5.54. The summed E-state index contributed by atoms with van der Waals surface area (Å²) in [6.45, 7) is 9.55. The van der Waals surface area contributed by atoms with E-state index in [0.717, 1.165) is 31.6 Å². The molecule has 2 nitrogen and oxygen atoms in total. The third-order valence-electron chi connectivity index (χ3n) is 3.86. The van der Waals surface area contributed by atoms with Crippen LogP contribution in [-0.2, 0) is 6.42 Å². The molecule has 0 saturated heterocycles. The fourth-order valence-corrected chi connectivity index (χ4v) is 2.38. The summed E-state index contributed by atoms with van der Waals surface area (Å²) in [4.78, 5) is 2.41. The van der Waals surface area contributed by atoms with E-state index in [1.165, 1.54) is 31.2 Å². The van der Waals surface area contributed by atoms with Crippen LogP contribution in [-0.4, -0.2) is 29.6 Å². The van der Waals surface area contributed by atoms with Gasteiger partial charge in [0.15, 0.2) is 0 Å². The number of rotatable bonds is 10. The first-order valence-electron chi connectivity index (χ1n) is 8.20. The van der Waals surface area contributed by atoms with Gasteiger partial charge in [-0.3, -0.25) is 0 Å². The van der Waals surface area contributed by atoms with Crippen molar-refractivity contribution in [3.8, 4) is 0 Å². The highest BCUT2D eigenvalue weighted by Gasteiger charge is 2.13. The average Bonchev–Trinajstić information content (AvgIpc) is 2.49. The lowest BCUT2D eigenvalue weighted by molar-refractivity contribution is 0.111. The van der Waals surface area contributed by atoms with Crippen LogP contribution in [0.25, 0.3) is 0 Å². The third kappa shape index (κ3) is 6.06. The van der Waals surface area contributed by atoms with Gasteiger partial charge in [-0.2, -0.15) is 0 Å². The molecule has 0 amide bonds. The normalized spacial score (nSPS) is 12.8. The second-order valence-corrected chi connectivity index (χ2v) is 5.62. The van der Waals surface area contributed by atoms with Crippen molar-refractivity contribution >= 4 is 0 Å². The zero-order valence-electron chi connectivity index (χ0n) is 13.4. The van der Waals surface area contributed by atoms with Crippen LogP contribution < -0.4 is 0 Å². The molecule has 0 bridgehead atoms. The van der Waals surface area contributed by atoms with Crippen LogP contribution in [0.3, 0.4) is 0 Å². The molecule has 1 N–H and O–H groups in total. The summed E-state index contributed by atoms with van der Waals surface area (Å²) in [6, 6.07) is 8.39. The second-order valence-electron chi connectivity index (χ2n) is 5.62. The van der Waals surface area contributed by atoms with Gasteiger partial charge < -0.3 is 10.0 Å². The zero-order valence-corrected chi connectivity index (χ0v) is 13.4. The summed E-state index contributed by atoms with van der Waals surface area (Å²) < 4.78 is 0. The number of aliphatic hydroxyl groups is 1. The lowest BCUT2D eigenvalue weighted by atomic mass is 10.1. The number of aryl methyl sites for hydroxylation is 1. The van der Waals surface area contributed by atoms with Gasteiger partial charge >= 0.3 is 0 Å². The van der Waals surface area contributed by atoms with Gasteiger partial charge in [-0.25, -0.2) is 0 Å². The molecule has 0 spiro atoms. The van der Waals surface area contributed by atoms with E-state index < -0.39 is 0 Å². The molecule has 0 aliphatic heterocycles. The molecule has 0 aliphatic rings. The Hall–Kier alpha value is -0.860. The molecule has 1 aromatic carbocycles. The number of benzene rings is 1. The van der Waals surface area contributed by atoms with Crippen molar-refractivity contribution in [2.75, 3.05) is 19.6 Å². The van der Waals surface area contributed by atoms with E-state index in [1.807, 2.05) is 0 Å². The molecule has 2 heteroatoms. The topological polar surface area (TPSA) is 23.5 Å². The fourth-order valence-electron chi connectivity index (χ4n) is 2.38. The first kappa shape index (κ1) is 17.2. The van der Waals surface area contributed by atoms with E-state index in [1.54, 1.807) is 0 Å². The number of hydrogen-bond donors (Lipinski definition) is 1. The Balaban J connectivity index is 2.55. The van der Waals surface area contributed by atoms with Crippen LogP contribution in [0.15, 0.2) is 24.3 Å². The van der Waals surface area contributed by atoms with Crippen LogP contribution >= 0.6 is 0 Å². The van der Waals surface area contributed by atoms with Crippen molar-refractivity contribution in [1.82, 2.24) is 4.90 Å². The van der Waals surface area contributed by atoms with Crippen molar-refractivity contribution in [2.24, 2.45) is 0 Å². The first-order valence-corrected chi connectivity index (χ1v) is 8.20. The maximum atomic E-state index is 10.4. The molecule has 20 heavy (non-hydrogen) atoms. The Morgan fingerprint density at radius 2 is 1.50 bits per heavy atom. The molecular weight excluding hydrogens is 246 g/mol. The molecule has 0 heterocycles. The third-order valence-corrected chi connectivity index (χ3v) is 3.86. The molecule has 0 saturated carbocycles. The molecule has 114 valence electrons. The van der Waals surface area contributed by atoms with E-state index in [-0.39, 0.29) is 6.10 Å². The fraction of sp³-hybridized carbons (Fsp3) is 0.667. The van der Waals surface area contributed by atoms with Crippen molar-refractivity contribution in [3.05, 3.63) is 35.4 Å². The molecule has 0 fully saturated rings. The van der Waals surface area contributed by atoms with Gasteiger partial charge in [-0.15, -0.1) is 0 Å². The molecule has 0 radical (unpaired) electrons. The molecule has 0 aliphatic carbocycles. The lowest BCUT2D eigenvalue weighted by Gasteiger charge is -2.25. The van der Waals surface area contributed by atoms with Crippen LogP contribution in [0.2, 0.25) is 0 Å². The van der Waals surface area contributed by atoms with Crippen molar-refractivity contribution < 1.29 is 5.11 Å². The first-order chi connectivity index (χ1) is 9.71. The summed E-state index contributed by atoms with van der Waals surface area (Å²) in [5.41, 5.74) is 2.37. The van der Waals surface area contributed by atoms with Gasteiger partial charge in [-0.1, -0.05) is 57.9 Å². The standard InChI is InChI=1S/C18H31NO/c1-4-7-13-19(14-8-5-2)15-18(20)17-11-9-16(6-3)10-12-17/h9-12,18,20H,4-8,13-15H2,1-3H3. The monoisotopic (exact) mass is 277 g/mol. The Morgan fingerprint density at radius 3 is 1.95 bits per heavy atom. The van der Waals surface area contributed by atoms with Gasteiger partial charge in [0.05, 0.1) is 6.10 Å². The van der Waals surface area contributed by atoms with E-state index in [2.05, 4.69) is 49.9 Å². The van der Waals surface area contributed by atoms with E-state index in [9.17, 15) is 5.11 Å². The molecular formula is C18H31NO. The zero-order chi connectivity index (χ0) is 14.8. The molecule has 1 aromatic rings. The summed E-state index contributed by atoms with van der Waals surface area (Å²) in [7, 11) is 0. The van der Waals surface area contributed by atoms with E-state index in [4.69, 9.17) is 0 Å². The Kier molecular flexibility index (Phi) is 8.56. The average molecular weight is 277 g/mol. The molecule has 1 rings (SSSR count). The minimum Gasteiger partial charge on any atom is -0.387 e. The number of aliphatic hydroxyl groups excluding tert-OH is 1. The van der Waals surface area contributed by atoms with E-state index in [0.29, 0.717) is 0 Å². The highest BCUT2D eigenvalue weighted by Crippen LogP contribution is 2.16. The predicted molar refractivity (Wildman–Crippen MR) is 87.0 cm³/mol. The van der Waals surface area contributed by atoms with Crippen molar-refractivity contribution in [1.29, 1.82) is 0 Å². The van der Waals surface area contributed by atoms with Crippen molar-refractivity contribution in [3.63, 3.8) is 0 Å². The number of hydrogen-bond acceptors (Lipinski definition) is 2. The minimum atomic E-state index is -0.366. The summed E-state index contributed by atoms with van der Waals surface area (Å²) >= 11 is 0. The lowest BCUT2D eigenvalue weighted by Crippen LogP contribution is -2.30. The highest BCUT2D eigenvalue weighted by atomic mass is 16.3. The van der Waals surface area contributed by atoms with Gasteiger partial charge in [0.1, 0.15) is 0 Å². The Morgan fingerprint density at radius 1 is 0.950 bits per heavy atom. The highest BCUT2D eigenvalue weighted by molar-refractivity contribution is 5.24. The Bertz CT molecular complexity index is 339. The summed E-state index contributed by atoms with van der Waals surface area (Å²) in [5.74, 6) is 0. The largest absolute Gasteiger partial charge is 0.387 e. The van der Waals surface area contributed by atoms with Crippen LogP contribution in [0, 0.1) is 0 Å². The maximum Gasteiger partial charge on any atom is 0.0916 e. The predicted octanol–water partition coefficient (Wildman–Crippen LogP) is 4.18. The van der Waals surface area contributed by atoms with Gasteiger partial charge in [0.2, 0.25) is 0 Å². The second kappa shape index (κ2) is 9.95. The summed E-state index contributed by atoms with van der Waals surface area (Å²) in [5, 5.41) is 10.4. The smallest absolute Gasteiger partial charge is 0.0916 e. The van der Waals surface area contributed by atoms with Gasteiger partial charge in [-0.05, 0) is 43.5 Å².